The first kappa shape index (κ1) is 19.2. The monoisotopic (exact) mass is 364 g/mol. The maximum absolute atomic E-state index is 12.2. The highest BCUT2D eigenvalue weighted by Gasteiger charge is 2.17. The van der Waals surface area contributed by atoms with Gasteiger partial charge in [0.1, 0.15) is 0 Å². The normalized spacial score (nSPS) is 16.7. The van der Waals surface area contributed by atoms with E-state index in [0.29, 0.717) is 0 Å². The Morgan fingerprint density at radius 3 is 2.63 bits per heavy atom. The Morgan fingerprint density at radius 2 is 1.96 bits per heavy atom. The SMILES string of the molecule is CC(C)(C)c1ccc(/C=C/C(=O)Nc2ccc3c(c2)NCC(CO)C3)cc1. The summed E-state index contributed by atoms with van der Waals surface area (Å²) in [7, 11) is 0. The molecule has 3 rings (SSSR count). The largest absolute Gasteiger partial charge is 0.396 e. The molecular weight excluding hydrogens is 336 g/mol. The van der Waals surface area contributed by atoms with Crippen molar-refractivity contribution in [1.82, 2.24) is 0 Å². The first-order valence-electron chi connectivity index (χ1n) is 9.42. The lowest BCUT2D eigenvalue weighted by Crippen LogP contribution is -2.25. The van der Waals surface area contributed by atoms with Crippen LogP contribution in [0.4, 0.5) is 11.4 Å². The van der Waals surface area contributed by atoms with Crippen LogP contribution in [-0.4, -0.2) is 24.2 Å². The number of rotatable bonds is 4. The fourth-order valence-corrected chi connectivity index (χ4v) is 3.21. The van der Waals surface area contributed by atoms with Crippen LogP contribution in [0, 0.1) is 5.92 Å². The molecule has 0 saturated carbocycles. The summed E-state index contributed by atoms with van der Waals surface area (Å²) in [6.45, 7) is 7.49. The van der Waals surface area contributed by atoms with Crippen LogP contribution in [0.1, 0.15) is 37.5 Å². The van der Waals surface area contributed by atoms with Gasteiger partial charge in [-0.25, -0.2) is 0 Å². The molecule has 0 fully saturated rings. The number of nitrogens with one attached hydrogen (secondary N) is 2. The second-order valence-electron chi connectivity index (χ2n) is 8.20. The van der Waals surface area contributed by atoms with Gasteiger partial charge < -0.3 is 15.7 Å². The van der Waals surface area contributed by atoms with E-state index in [1.807, 2.05) is 36.4 Å². The minimum atomic E-state index is -0.154. The van der Waals surface area contributed by atoms with E-state index in [4.69, 9.17) is 0 Å². The second kappa shape index (κ2) is 7.97. The number of hydrogen-bond acceptors (Lipinski definition) is 3. The standard InChI is InChI=1S/C23H28N2O2/c1-23(2,3)19-8-4-16(5-9-19)6-11-22(27)25-20-10-7-18-12-17(15-26)14-24-21(18)13-20/h4-11,13,17,24,26H,12,14-15H2,1-3H3,(H,25,27)/b11-6+. The zero-order valence-electron chi connectivity index (χ0n) is 16.3. The molecule has 4 heteroatoms. The Hall–Kier alpha value is -2.59. The number of hydrogen-bond donors (Lipinski definition) is 3. The molecule has 0 spiro atoms. The Bertz CT molecular complexity index is 832. The number of carbonyl (C=O) groups is 1. The molecule has 2 aromatic rings. The predicted octanol–water partition coefficient (Wildman–Crippen LogP) is 4.21. The van der Waals surface area contributed by atoms with Crippen LogP contribution in [-0.2, 0) is 16.6 Å². The number of carbonyl (C=O) groups excluding carboxylic acids is 1. The van der Waals surface area contributed by atoms with Gasteiger partial charge in [-0.15, -0.1) is 0 Å². The van der Waals surface area contributed by atoms with Crippen molar-refractivity contribution in [2.75, 3.05) is 23.8 Å². The van der Waals surface area contributed by atoms with Crippen molar-refractivity contribution in [3.05, 3.63) is 65.2 Å². The van der Waals surface area contributed by atoms with Crippen LogP contribution in [0.2, 0.25) is 0 Å². The van der Waals surface area contributed by atoms with Gasteiger partial charge in [0.05, 0.1) is 0 Å². The van der Waals surface area contributed by atoms with Crippen LogP contribution in [0.15, 0.2) is 48.5 Å². The van der Waals surface area contributed by atoms with Gasteiger partial charge in [-0.05, 0) is 46.7 Å². The Kier molecular flexibility index (Phi) is 5.66. The molecule has 142 valence electrons. The summed E-state index contributed by atoms with van der Waals surface area (Å²) in [4.78, 5) is 12.2. The van der Waals surface area contributed by atoms with Gasteiger partial charge in [0.2, 0.25) is 5.91 Å². The Balaban J connectivity index is 1.62. The van der Waals surface area contributed by atoms with E-state index in [2.05, 4.69) is 43.5 Å². The van der Waals surface area contributed by atoms with Gasteiger partial charge in [0.25, 0.3) is 0 Å². The summed E-state index contributed by atoms with van der Waals surface area (Å²) in [5.41, 5.74) is 5.36. The minimum absolute atomic E-state index is 0.122. The van der Waals surface area contributed by atoms with Crippen molar-refractivity contribution >= 4 is 23.4 Å². The molecule has 0 bridgehead atoms. The third-order valence-electron chi connectivity index (χ3n) is 4.93. The van der Waals surface area contributed by atoms with Gasteiger partial charge in [0, 0.05) is 36.5 Å². The summed E-state index contributed by atoms with van der Waals surface area (Å²) >= 11 is 0. The van der Waals surface area contributed by atoms with Gasteiger partial charge in [-0.3, -0.25) is 4.79 Å². The van der Waals surface area contributed by atoms with Gasteiger partial charge in [-0.1, -0.05) is 51.1 Å². The van der Waals surface area contributed by atoms with Crippen LogP contribution in [0.5, 0.6) is 0 Å². The fourth-order valence-electron chi connectivity index (χ4n) is 3.21. The molecule has 4 nitrogen and oxygen atoms in total. The van der Waals surface area contributed by atoms with E-state index in [9.17, 15) is 9.90 Å². The summed E-state index contributed by atoms with van der Waals surface area (Å²) < 4.78 is 0. The van der Waals surface area contributed by atoms with E-state index in [0.717, 1.165) is 29.9 Å². The van der Waals surface area contributed by atoms with Crippen molar-refractivity contribution < 1.29 is 9.90 Å². The summed E-state index contributed by atoms with van der Waals surface area (Å²) in [6, 6.07) is 14.1. The van der Waals surface area contributed by atoms with E-state index in [1.165, 1.54) is 11.1 Å². The molecule has 0 aromatic heterocycles. The third-order valence-corrected chi connectivity index (χ3v) is 4.93. The highest BCUT2D eigenvalue weighted by atomic mass is 16.3. The Morgan fingerprint density at radius 1 is 1.22 bits per heavy atom. The number of anilines is 2. The molecule has 0 saturated heterocycles. The van der Waals surface area contributed by atoms with Gasteiger partial charge in [-0.2, -0.15) is 0 Å². The number of aliphatic hydroxyl groups is 1. The van der Waals surface area contributed by atoms with Crippen LogP contribution in [0.3, 0.4) is 0 Å². The third kappa shape index (κ3) is 4.98. The van der Waals surface area contributed by atoms with Crippen molar-refractivity contribution in [2.45, 2.75) is 32.6 Å². The highest BCUT2D eigenvalue weighted by Crippen LogP contribution is 2.27. The zero-order chi connectivity index (χ0) is 19.4. The summed E-state index contributed by atoms with van der Waals surface area (Å²) in [5, 5.41) is 15.5. The molecule has 2 aromatic carbocycles. The average molecular weight is 364 g/mol. The molecule has 1 unspecified atom stereocenters. The molecule has 1 aliphatic rings. The Labute approximate surface area is 161 Å². The maximum Gasteiger partial charge on any atom is 0.248 e. The number of aliphatic hydroxyl groups excluding tert-OH is 1. The first-order valence-corrected chi connectivity index (χ1v) is 9.42. The van der Waals surface area contributed by atoms with E-state index < -0.39 is 0 Å². The lowest BCUT2D eigenvalue weighted by Gasteiger charge is -2.25. The fraction of sp³-hybridized carbons (Fsp3) is 0.348. The smallest absolute Gasteiger partial charge is 0.248 e. The molecule has 3 N–H and O–H groups in total. The van der Waals surface area contributed by atoms with E-state index in [-0.39, 0.29) is 23.8 Å². The van der Waals surface area contributed by atoms with Crippen molar-refractivity contribution in [1.29, 1.82) is 0 Å². The summed E-state index contributed by atoms with van der Waals surface area (Å²) in [5.74, 6) is 0.101. The lowest BCUT2D eigenvalue weighted by molar-refractivity contribution is -0.111. The van der Waals surface area contributed by atoms with Crippen LogP contribution >= 0.6 is 0 Å². The molecular formula is C23H28N2O2. The minimum Gasteiger partial charge on any atom is -0.396 e. The first-order chi connectivity index (χ1) is 12.8. The molecule has 1 amide bonds. The average Bonchev–Trinajstić information content (AvgIpc) is 2.65. The molecule has 1 atom stereocenters. The van der Waals surface area contributed by atoms with Gasteiger partial charge >= 0.3 is 0 Å². The van der Waals surface area contributed by atoms with Crippen LogP contribution < -0.4 is 10.6 Å². The van der Waals surface area contributed by atoms with E-state index >= 15 is 0 Å². The molecule has 1 aliphatic heterocycles. The zero-order valence-corrected chi connectivity index (χ0v) is 16.3. The second-order valence-corrected chi connectivity index (χ2v) is 8.20. The molecule has 27 heavy (non-hydrogen) atoms. The van der Waals surface area contributed by atoms with Gasteiger partial charge in [0.15, 0.2) is 0 Å². The highest BCUT2D eigenvalue weighted by molar-refractivity contribution is 6.02. The number of benzene rings is 2. The van der Waals surface area contributed by atoms with Crippen molar-refractivity contribution in [3.8, 4) is 0 Å². The quantitative estimate of drug-likeness (QED) is 0.712. The topological polar surface area (TPSA) is 61.4 Å². The van der Waals surface area contributed by atoms with E-state index in [1.54, 1.807) is 6.08 Å². The van der Waals surface area contributed by atoms with Crippen molar-refractivity contribution in [2.24, 2.45) is 5.92 Å². The van der Waals surface area contributed by atoms with Crippen molar-refractivity contribution in [3.63, 3.8) is 0 Å². The molecule has 1 heterocycles. The summed E-state index contributed by atoms with van der Waals surface area (Å²) in [6.07, 6.45) is 4.24. The number of amides is 1. The molecule has 0 aliphatic carbocycles. The number of fused-ring (bicyclic) bond motifs is 1. The lowest BCUT2D eigenvalue weighted by atomic mass is 9.87. The maximum atomic E-state index is 12.2. The predicted molar refractivity (Wildman–Crippen MR) is 112 cm³/mol. The molecule has 0 radical (unpaired) electrons. The van der Waals surface area contributed by atoms with Crippen LogP contribution in [0.25, 0.3) is 6.08 Å².